The summed E-state index contributed by atoms with van der Waals surface area (Å²) in [5.41, 5.74) is 2.80. The lowest BCUT2D eigenvalue weighted by molar-refractivity contribution is -0.122. The van der Waals surface area contributed by atoms with E-state index >= 15 is 0 Å². The second-order valence-electron chi connectivity index (χ2n) is 6.96. The molecule has 26 heavy (non-hydrogen) atoms. The molecule has 0 aromatic carbocycles. The Morgan fingerprint density at radius 2 is 2.04 bits per heavy atom. The van der Waals surface area contributed by atoms with E-state index in [2.05, 4.69) is 10.3 Å². The molecule has 0 saturated heterocycles. The number of likely N-dealkylation sites (N-methyl/N-ethyl adjacent to an activating group) is 1. The zero-order chi connectivity index (χ0) is 18.8. The minimum Gasteiger partial charge on any atom is -0.352 e. The van der Waals surface area contributed by atoms with Crippen molar-refractivity contribution in [3.8, 4) is 11.5 Å². The summed E-state index contributed by atoms with van der Waals surface area (Å²) in [7, 11) is 1.90. The summed E-state index contributed by atoms with van der Waals surface area (Å²) >= 11 is 6.10. The molecule has 0 bridgehead atoms. The molecule has 2 aromatic heterocycles. The van der Waals surface area contributed by atoms with Crippen LogP contribution in [-0.2, 0) is 17.6 Å². The average molecular weight is 374 g/mol. The van der Waals surface area contributed by atoms with Gasteiger partial charge >= 0.3 is 0 Å². The van der Waals surface area contributed by atoms with E-state index in [0.29, 0.717) is 16.5 Å². The molecule has 138 valence electrons. The molecule has 0 aliphatic heterocycles. The van der Waals surface area contributed by atoms with Crippen LogP contribution in [0.1, 0.15) is 38.4 Å². The highest BCUT2D eigenvalue weighted by atomic mass is 35.5. The number of nitrogens with one attached hydrogen (secondary N) is 1. The molecule has 1 amide bonds. The fourth-order valence-corrected chi connectivity index (χ4v) is 3.27. The van der Waals surface area contributed by atoms with Crippen molar-refractivity contribution in [2.45, 2.75) is 52.1 Å². The van der Waals surface area contributed by atoms with Crippen LogP contribution in [0, 0.1) is 0 Å². The van der Waals surface area contributed by atoms with Crippen molar-refractivity contribution < 1.29 is 4.79 Å². The Hall–Kier alpha value is -2.21. The van der Waals surface area contributed by atoms with Gasteiger partial charge in [0.1, 0.15) is 17.6 Å². The van der Waals surface area contributed by atoms with E-state index in [4.69, 9.17) is 21.6 Å². The number of carbonyl (C=O) groups is 1. The normalized spacial score (nSPS) is 14.2. The summed E-state index contributed by atoms with van der Waals surface area (Å²) in [6.07, 6.45) is 4.54. The molecule has 1 N–H and O–H groups in total. The summed E-state index contributed by atoms with van der Waals surface area (Å²) in [5.74, 6) is 1.33. The van der Waals surface area contributed by atoms with E-state index in [1.165, 1.54) is 0 Å². The maximum absolute atomic E-state index is 12.4. The molecular formula is C19H24ClN5O. The Morgan fingerprint density at radius 1 is 1.27 bits per heavy atom. The van der Waals surface area contributed by atoms with E-state index in [9.17, 15) is 4.79 Å². The number of aryl methyl sites for hydroxylation is 1. The zero-order valence-corrected chi connectivity index (χ0v) is 16.3. The molecule has 1 atom stereocenters. The van der Waals surface area contributed by atoms with Crippen LogP contribution in [0.3, 0.4) is 0 Å². The smallest absolute Gasteiger partial charge is 0.242 e. The van der Waals surface area contributed by atoms with E-state index in [1.807, 2.05) is 32.7 Å². The van der Waals surface area contributed by atoms with Gasteiger partial charge in [0.2, 0.25) is 5.91 Å². The Labute approximate surface area is 159 Å². The maximum atomic E-state index is 12.4. The Balaban J connectivity index is 1.99. The molecule has 3 rings (SSSR count). The minimum atomic E-state index is -0.336. The van der Waals surface area contributed by atoms with Crippen molar-refractivity contribution in [3.05, 3.63) is 34.6 Å². The number of nitrogens with zero attached hydrogens (tertiary/aromatic N) is 4. The second-order valence-corrected chi connectivity index (χ2v) is 7.40. The molecule has 0 saturated carbocycles. The largest absolute Gasteiger partial charge is 0.352 e. The highest BCUT2D eigenvalue weighted by Gasteiger charge is 2.27. The van der Waals surface area contributed by atoms with Crippen LogP contribution in [-0.4, -0.2) is 40.0 Å². The monoisotopic (exact) mass is 373 g/mol. The van der Waals surface area contributed by atoms with Crippen molar-refractivity contribution >= 4 is 23.3 Å². The number of anilines is 1. The lowest BCUT2D eigenvalue weighted by atomic mass is 10.2. The van der Waals surface area contributed by atoms with Crippen LogP contribution >= 0.6 is 11.6 Å². The standard InChI is InChI=1S/C19H24ClN5O/c1-11(2)22-19(26)12(3)25(4)18-14-6-5-7-15(14)23-17(24-18)16-10-13(20)8-9-21-16/h8-12H,5-7H2,1-4H3,(H,22,26). The second kappa shape index (κ2) is 7.58. The van der Waals surface area contributed by atoms with Gasteiger partial charge in [-0.25, -0.2) is 9.97 Å². The number of amides is 1. The highest BCUT2D eigenvalue weighted by Crippen LogP contribution is 2.31. The van der Waals surface area contributed by atoms with Gasteiger partial charge in [0.05, 0.1) is 0 Å². The maximum Gasteiger partial charge on any atom is 0.242 e. The fourth-order valence-electron chi connectivity index (χ4n) is 3.11. The first-order chi connectivity index (χ1) is 12.4. The topological polar surface area (TPSA) is 71.0 Å². The van der Waals surface area contributed by atoms with Crippen LogP contribution < -0.4 is 10.2 Å². The third-order valence-corrected chi connectivity index (χ3v) is 4.82. The lowest BCUT2D eigenvalue weighted by Crippen LogP contribution is -2.46. The summed E-state index contributed by atoms with van der Waals surface area (Å²) in [4.78, 5) is 28.2. The quantitative estimate of drug-likeness (QED) is 0.872. The van der Waals surface area contributed by atoms with Gasteiger partial charge in [-0.2, -0.15) is 0 Å². The van der Waals surface area contributed by atoms with Gasteiger partial charge in [-0.3, -0.25) is 9.78 Å². The summed E-state index contributed by atoms with van der Waals surface area (Å²) in [6.45, 7) is 5.80. The van der Waals surface area contributed by atoms with Crippen LogP contribution in [0.4, 0.5) is 5.82 Å². The van der Waals surface area contributed by atoms with Gasteiger partial charge in [0.25, 0.3) is 0 Å². The molecule has 0 fully saturated rings. The first kappa shape index (κ1) is 18.6. The zero-order valence-electron chi connectivity index (χ0n) is 15.6. The van der Waals surface area contributed by atoms with Gasteiger partial charge in [-0.05, 0) is 52.2 Å². The Morgan fingerprint density at radius 3 is 2.73 bits per heavy atom. The molecular weight excluding hydrogens is 350 g/mol. The van der Waals surface area contributed by atoms with E-state index in [-0.39, 0.29) is 18.0 Å². The van der Waals surface area contributed by atoms with Crippen molar-refractivity contribution in [2.24, 2.45) is 0 Å². The molecule has 7 heteroatoms. The van der Waals surface area contributed by atoms with Crippen LogP contribution in [0.25, 0.3) is 11.5 Å². The third kappa shape index (κ3) is 3.80. The minimum absolute atomic E-state index is 0.0183. The number of pyridine rings is 1. The molecule has 0 radical (unpaired) electrons. The Kier molecular flexibility index (Phi) is 5.41. The number of hydrogen-bond donors (Lipinski definition) is 1. The van der Waals surface area contributed by atoms with Gasteiger partial charge in [0, 0.05) is 35.6 Å². The SMILES string of the molecule is CC(C)NC(=O)C(C)N(C)c1nc(-c2cc(Cl)ccn2)nc2c1CCC2. The van der Waals surface area contributed by atoms with E-state index in [1.54, 1.807) is 18.3 Å². The summed E-state index contributed by atoms with van der Waals surface area (Å²) in [5, 5.41) is 3.56. The van der Waals surface area contributed by atoms with Crippen molar-refractivity contribution in [1.82, 2.24) is 20.3 Å². The predicted octanol–water partition coefficient (Wildman–Crippen LogP) is 3.03. The van der Waals surface area contributed by atoms with Crippen molar-refractivity contribution in [1.29, 1.82) is 0 Å². The average Bonchev–Trinajstić information content (AvgIpc) is 3.07. The van der Waals surface area contributed by atoms with Crippen molar-refractivity contribution in [3.63, 3.8) is 0 Å². The third-order valence-electron chi connectivity index (χ3n) is 4.59. The molecule has 1 unspecified atom stereocenters. The van der Waals surface area contributed by atoms with E-state index < -0.39 is 0 Å². The number of rotatable bonds is 5. The van der Waals surface area contributed by atoms with Crippen LogP contribution in [0.2, 0.25) is 5.02 Å². The molecule has 0 spiro atoms. The van der Waals surface area contributed by atoms with Crippen molar-refractivity contribution in [2.75, 3.05) is 11.9 Å². The highest BCUT2D eigenvalue weighted by molar-refractivity contribution is 6.30. The van der Waals surface area contributed by atoms with Gasteiger partial charge < -0.3 is 10.2 Å². The summed E-state index contributed by atoms with van der Waals surface area (Å²) in [6, 6.07) is 3.25. The fraction of sp³-hybridized carbons (Fsp3) is 0.474. The molecule has 1 aliphatic rings. The number of fused-ring (bicyclic) bond motifs is 1. The van der Waals surface area contributed by atoms with Gasteiger partial charge in [-0.15, -0.1) is 0 Å². The number of carbonyl (C=O) groups excluding carboxylic acids is 1. The van der Waals surface area contributed by atoms with Crippen LogP contribution in [0.5, 0.6) is 0 Å². The lowest BCUT2D eigenvalue weighted by Gasteiger charge is -2.28. The molecule has 2 aromatic rings. The first-order valence-corrected chi connectivity index (χ1v) is 9.29. The number of aromatic nitrogens is 3. The predicted molar refractivity (Wildman–Crippen MR) is 103 cm³/mol. The first-order valence-electron chi connectivity index (χ1n) is 8.91. The number of hydrogen-bond acceptors (Lipinski definition) is 5. The molecule has 2 heterocycles. The Bertz CT molecular complexity index is 824. The van der Waals surface area contributed by atoms with Crippen LogP contribution in [0.15, 0.2) is 18.3 Å². The molecule has 1 aliphatic carbocycles. The van der Waals surface area contributed by atoms with Gasteiger partial charge in [0.15, 0.2) is 5.82 Å². The van der Waals surface area contributed by atoms with E-state index in [0.717, 1.165) is 36.3 Å². The van der Waals surface area contributed by atoms with Gasteiger partial charge in [-0.1, -0.05) is 11.6 Å². The molecule has 6 nitrogen and oxygen atoms in total. The summed E-state index contributed by atoms with van der Waals surface area (Å²) < 4.78 is 0. The number of halogens is 1.